The standard InChI is InChI=1S/C29H34ClN9O2S/c1-16-13-20(18(3)32-22-7-8-23(30)34-26(22)27(40)36-42-6)25-21(14-16)28(41)37(5)29(35-25)39-11-9-38(10-12-39)24-15-17(2)31-19(4)33-24/h7-8,13-15,18,32H,9-12H2,1-6H3,(H,36,40). The van der Waals surface area contributed by atoms with Crippen LogP contribution >= 0.6 is 23.5 Å². The Kier molecular flexibility index (Phi) is 8.55. The van der Waals surface area contributed by atoms with Gasteiger partial charge >= 0.3 is 0 Å². The first-order valence-corrected chi connectivity index (χ1v) is 15.3. The number of nitrogens with zero attached hydrogens (tertiary/aromatic N) is 7. The molecule has 1 unspecified atom stereocenters. The van der Waals surface area contributed by atoms with Crippen molar-refractivity contribution in [2.45, 2.75) is 33.7 Å². The molecule has 0 saturated carbocycles. The number of fused-ring (bicyclic) bond motifs is 1. The Morgan fingerprint density at radius 1 is 1.00 bits per heavy atom. The van der Waals surface area contributed by atoms with Crippen molar-refractivity contribution >= 4 is 57.8 Å². The van der Waals surface area contributed by atoms with Crippen LogP contribution in [0, 0.1) is 20.8 Å². The highest BCUT2D eigenvalue weighted by Gasteiger charge is 2.25. The van der Waals surface area contributed by atoms with Gasteiger partial charge in [0.2, 0.25) is 5.95 Å². The molecule has 13 heteroatoms. The zero-order valence-electron chi connectivity index (χ0n) is 24.5. The third kappa shape index (κ3) is 6.00. The Morgan fingerprint density at radius 2 is 1.71 bits per heavy atom. The molecule has 0 radical (unpaired) electrons. The van der Waals surface area contributed by atoms with Gasteiger partial charge in [-0.1, -0.05) is 29.6 Å². The van der Waals surface area contributed by atoms with Gasteiger partial charge in [-0.2, -0.15) is 0 Å². The van der Waals surface area contributed by atoms with Crippen molar-refractivity contribution < 1.29 is 4.79 Å². The third-order valence-electron chi connectivity index (χ3n) is 7.28. The minimum absolute atomic E-state index is 0.107. The van der Waals surface area contributed by atoms with Crippen LogP contribution in [0.3, 0.4) is 0 Å². The topological polar surface area (TPSA) is 121 Å². The number of carbonyl (C=O) groups excluding carboxylic acids is 1. The molecule has 3 aromatic heterocycles. The summed E-state index contributed by atoms with van der Waals surface area (Å²) in [5.74, 6) is 1.94. The molecular formula is C29H34ClN9O2S. The van der Waals surface area contributed by atoms with E-state index in [2.05, 4.69) is 34.8 Å². The largest absolute Gasteiger partial charge is 0.377 e. The summed E-state index contributed by atoms with van der Waals surface area (Å²) in [7, 11) is 1.77. The molecule has 1 aromatic carbocycles. The number of aryl methyl sites for hydroxylation is 3. The van der Waals surface area contributed by atoms with Crippen molar-refractivity contribution in [1.82, 2.24) is 29.2 Å². The molecule has 5 rings (SSSR count). The average Bonchev–Trinajstić information content (AvgIpc) is 2.95. The van der Waals surface area contributed by atoms with Crippen LogP contribution in [0.4, 0.5) is 17.5 Å². The highest BCUT2D eigenvalue weighted by molar-refractivity contribution is 7.97. The minimum Gasteiger partial charge on any atom is -0.377 e. The Hall–Kier alpha value is -3.90. The van der Waals surface area contributed by atoms with E-state index in [0.717, 1.165) is 41.6 Å². The fourth-order valence-corrected chi connectivity index (χ4v) is 5.76. The molecule has 4 aromatic rings. The van der Waals surface area contributed by atoms with Gasteiger partial charge in [0.1, 0.15) is 16.8 Å². The van der Waals surface area contributed by atoms with E-state index in [9.17, 15) is 9.59 Å². The SMILES string of the molecule is CSNC(=O)c1nc(Cl)ccc1NC(C)c1cc(C)cc2c(=O)n(C)c(N3CCN(c4cc(C)nc(C)n4)CC3)nc12. The van der Waals surface area contributed by atoms with Gasteiger partial charge in [0.25, 0.3) is 11.5 Å². The number of hydrogen-bond donors (Lipinski definition) is 2. The van der Waals surface area contributed by atoms with Crippen LogP contribution in [0.5, 0.6) is 0 Å². The lowest BCUT2D eigenvalue weighted by atomic mass is 10.0. The number of aromatic nitrogens is 5. The quantitative estimate of drug-likeness (QED) is 0.233. The number of benzene rings is 1. The molecule has 1 fully saturated rings. The van der Waals surface area contributed by atoms with Crippen LogP contribution < -0.4 is 25.4 Å². The van der Waals surface area contributed by atoms with E-state index in [1.165, 1.54) is 11.9 Å². The van der Waals surface area contributed by atoms with Crippen molar-refractivity contribution in [1.29, 1.82) is 0 Å². The van der Waals surface area contributed by atoms with Gasteiger partial charge in [0.05, 0.1) is 22.6 Å². The first-order valence-electron chi connectivity index (χ1n) is 13.7. The molecule has 0 aliphatic carbocycles. The van der Waals surface area contributed by atoms with E-state index in [1.54, 1.807) is 30.0 Å². The highest BCUT2D eigenvalue weighted by Crippen LogP contribution is 2.29. The molecule has 4 heterocycles. The molecule has 2 N–H and O–H groups in total. The number of carbonyl (C=O) groups is 1. The number of halogens is 1. The van der Waals surface area contributed by atoms with Crippen LogP contribution in [-0.4, -0.2) is 62.8 Å². The molecule has 1 amide bonds. The summed E-state index contributed by atoms with van der Waals surface area (Å²) in [6.07, 6.45) is 1.76. The summed E-state index contributed by atoms with van der Waals surface area (Å²) in [6.45, 7) is 10.7. The fourth-order valence-electron chi connectivity index (χ4n) is 5.33. The second kappa shape index (κ2) is 12.1. The normalized spacial score (nSPS) is 14.3. The van der Waals surface area contributed by atoms with Crippen molar-refractivity contribution in [2.75, 3.05) is 47.6 Å². The summed E-state index contributed by atoms with van der Waals surface area (Å²) < 4.78 is 4.33. The summed E-state index contributed by atoms with van der Waals surface area (Å²) in [5, 5.41) is 4.18. The van der Waals surface area contributed by atoms with Gasteiger partial charge in [-0.3, -0.25) is 18.9 Å². The lowest BCUT2D eigenvalue weighted by Crippen LogP contribution is -2.48. The number of hydrogen-bond acceptors (Lipinski definition) is 10. The van der Waals surface area contributed by atoms with Crippen molar-refractivity contribution in [3.05, 3.63) is 74.2 Å². The highest BCUT2D eigenvalue weighted by atomic mass is 35.5. The summed E-state index contributed by atoms with van der Waals surface area (Å²) in [5.41, 5.74) is 3.97. The minimum atomic E-state index is -0.352. The summed E-state index contributed by atoms with van der Waals surface area (Å²) in [4.78, 5) is 49.1. The zero-order chi connectivity index (χ0) is 30.1. The molecule has 1 atom stereocenters. The Labute approximate surface area is 253 Å². The van der Waals surface area contributed by atoms with Crippen LogP contribution in [0.25, 0.3) is 10.9 Å². The fraction of sp³-hybridized carbons (Fsp3) is 0.379. The van der Waals surface area contributed by atoms with Crippen LogP contribution in [0.15, 0.2) is 35.1 Å². The Bertz CT molecular complexity index is 1700. The molecule has 0 bridgehead atoms. The second-order valence-electron chi connectivity index (χ2n) is 10.4. The van der Waals surface area contributed by atoms with Gasteiger partial charge in [-0.15, -0.1) is 0 Å². The van der Waals surface area contributed by atoms with Crippen molar-refractivity contribution in [3.8, 4) is 0 Å². The summed E-state index contributed by atoms with van der Waals surface area (Å²) >= 11 is 7.29. The van der Waals surface area contributed by atoms with Gasteiger partial charge in [-0.05, 0) is 51.5 Å². The monoisotopic (exact) mass is 607 g/mol. The number of piperazine rings is 1. The second-order valence-corrected chi connectivity index (χ2v) is 11.4. The number of anilines is 3. The Morgan fingerprint density at radius 3 is 2.40 bits per heavy atom. The maximum Gasteiger partial charge on any atom is 0.281 e. The third-order valence-corrected chi connectivity index (χ3v) is 7.88. The molecule has 1 saturated heterocycles. The van der Waals surface area contributed by atoms with Crippen molar-refractivity contribution in [2.24, 2.45) is 7.05 Å². The number of nitrogens with one attached hydrogen (secondary N) is 2. The van der Waals surface area contributed by atoms with Gasteiger partial charge in [0.15, 0.2) is 5.69 Å². The first-order chi connectivity index (χ1) is 20.0. The predicted molar refractivity (Wildman–Crippen MR) is 170 cm³/mol. The van der Waals surface area contributed by atoms with Gasteiger partial charge in [0, 0.05) is 56.8 Å². The Balaban J connectivity index is 1.48. The number of amides is 1. The number of rotatable bonds is 7. The van der Waals surface area contributed by atoms with E-state index >= 15 is 0 Å². The molecule has 1 aliphatic heterocycles. The maximum atomic E-state index is 13.7. The molecule has 11 nitrogen and oxygen atoms in total. The van der Waals surface area contributed by atoms with Gasteiger partial charge in [-0.25, -0.2) is 19.9 Å². The molecule has 0 spiro atoms. The van der Waals surface area contributed by atoms with E-state index in [4.69, 9.17) is 16.6 Å². The van der Waals surface area contributed by atoms with Gasteiger partial charge < -0.3 is 15.1 Å². The average molecular weight is 608 g/mol. The van der Waals surface area contributed by atoms with E-state index in [0.29, 0.717) is 35.6 Å². The zero-order valence-corrected chi connectivity index (χ0v) is 26.1. The lowest BCUT2D eigenvalue weighted by molar-refractivity contribution is 0.0980. The van der Waals surface area contributed by atoms with Crippen LogP contribution in [-0.2, 0) is 7.05 Å². The first kappa shape index (κ1) is 29.6. The summed E-state index contributed by atoms with van der Waals surface area (Å²) in [6, 6.07) is 8.97. The molecular weight excluding hydrogens is 574 g/mol. The van der Waals surface area contributed by atoms with Crippen LogP contribution in [0.1, 0.15) is 46.1 Å². The maximum absolute atomic E-state index is 13.7. The molecule has 220 valence electrons. The van der Waals surface area contributed by atoms with Crippen molar-refractivity contribution in [3.63, 3.8) is 0 Å². The van der Waals surface area contributed by atoms with E-state index in [1.807, 2.05) is 45.9 Å². The molecule has 1 aliphatic rings. The smallest absolute Gasteiger partial charge is 0.281 e. The predicted octanol–water partition coefficient (Wildman–Crippen LogP) is 4.20. The number of pyridine rings is 1. The lowest BCUT2D eigenvalue weighted by Gasteiger charge is -2.36. The van der Waals surface area contributed by atoms with E-state index in [-0.39, 0.29) is 28.4 Å². The van der Waals surface area contributed by atoms with Crippen LogP contribution in [0.2, 0.25) is 5.15 Å². The van der Waals surface area contributed by atoms with E-state index < -0.39 is 0 Å². The molecule has 42 heavy (non-hydrogen) atoms.